The molecule has 0 unspecified atom stereocenters. The third-order valence-electron chi connectivity index (χ3n) is 2.51. The molecule has 0 atom stereocenters. The first kappa shape index (κ1) is 13.3. The van der Waals surface area contributed by atoms with E-state index in [1.807, 2.05) is 0 Å². The van der Waals surface area contributed by atoms with Gasteiger partial charge in [0.05, 0.1) is 22.5 Å². The molecule has 0 aliphatic rings. The Morgan fingerprint density at radius 3 is 2.84 bits per heavy atom. The molecule has 0 saturated carbocycles. The second kappa shape index (κ2) is 5.67. The van der Waals surface area contributed by atoms with Gasteiger partial charge in [-0.3, -0.25) is 9.78 Å². The number of amides is 1. The monoisotopic (exact) mass is 279 g/mol. The van der Waals surface area contributed by atoms with Crippen LogP contribution in [0.25, 0.3) is 0 Å². The number of hydrogen-bond donors (Lipinski definition) is 2. The van der Waals surface area contributed by atoms with Gasteiger partial charge in [0.15, 0.2) is 0 Å². The lowest BCUT2D eigenvalue weighted by atomic mass is 10.2. The number of hydrogen-bond acceptors (Lipinski definition) is 3. The predicted molar refractivity (Wildman–Crippen MR) is 73.1 cm³/mol. The number of pyridine rings is 1. The van der Waals surface area contributed by atoms with E-state index in [9.17, 15) is 9.18 Å². The molecule has 1 amide bonds. The van der Waals surface area contributed by atoms with Crippen LogP contribution >= 0.6 is 11.6 Å². The smallest absolute Gasteiger partial charge is 0.257 e. The summed E-state index contributed by atoms with van der Waals surface area (Å²) in [6.07, 6.45) is 3.07. The highest BCUT2D eigenvalue weighted by Crippen LogP contribution is 2.21. The van der Waals surface area contributed by atoms with Crippen molar-refractivity contribution in [3.05, 3.63) is 53.1 Å². The fourth-order valence-electron chi connectivity index (χ4n) is 1.56. The molecule has 0 fully saturated rings. The number of aromatic nitrogens is 1. The molecule has 2 N–H and O–H groups in total. The first-order valence-electron chi connectivity index (χ1n) is 5.50. The lowest BCUT2D eigenvalue weighted by Crippen LogP contribution is -2.14. The molecule has 0 radical (unpaired) electrons. The van der Waals surface area contributed by atoms with Crippen LogP contribution in [0.5, 0.6) is 0 Å². The Bertz CT molecular complexity index is 619. The Morgan fingerprint density at radius 1 is 1.37 bits per heavy atom. The zero-order valence-corrected chi connectivity index (χ0v) is 10.8. The van der Waals surface area contributed by atoms with Gasteiger partial charge in [0.2, 0.25) is 0 Å². The number of carbonyl (C=O) groups is 1. The van der Waals surface area contributed by atoms with Crippen LogP contribution in [0.15, 0.2) is 36.7 Å². The Morgan fingerprint density at radius 2 is 2.16 bits per heavy atom. The molecule has 0 saturated heterocycles. The fraction of sp³-hybridized carbons (Fsp3) is 0.0769. The highest BCUT2D eigenvalue weighted by Gasteiger charge is 2.11. The predicted octanol–water partition coefficient (Wildman–Crippen LogP) is 3.17. The van der Waals surface area contributed by atoms with E-state index >= 15 is 0 Å². The van der Waals surface area contributed by atoms with Crippen LogP contribution in [0, 0.1) is 5.82 Å². The van der Waals surface area contributed by atoms with Crippen LogP contribution in [-0.2, 0) is 0 Å². The van der Waals surface area contributed by atoms with Gasteiger partial charge >= 0.3 is 0 Å². The van der Waals surface area contributed by atoms with Gasteiger partial charge in [-0.2, -0.15) is 0 Å². The maximum Gasteiger partial charge on any atom is 0.257 e. The van der Waals surface area contributed by atoms with Gasteiger partial charge < -0.3 is 10.6 Å². The minimum absolute atomic E-state index is 0.0404. The van der Waals surface area contributed by atoms with E-state index in [4.69, 9.17) is 11.6 Å². The minimum Gasteiger partial charge on any atom is -0.386 e. The lowest BCUT2D eigenvalue weighted by Gasteiger charge is -2.09. The van der Waals surface area contributed by atoms with E-state index in [1.165, 1.54) is 24.4 Å². The van der Waals surface area contributed by atoms with Crippen LogP contribution in [-0.4, -0.2) is 17.9 Å². The molecule has 98 valence electrons. The molecule has 0 spiro atoms. The zero-order chi connectivity index (χ0) is 13.8. The summed E-state index contributed by atoms with van der Waals surface area (Å²) in [5.41, 5.74) is 1.47. The van der Waals surface area contributed by atoms with Crippen LogP contribution in [0.4, 0.5) is 15.8 Å². The quantitative estimate of drug-likeness (QED) is 0.907. The van der Waals surface area contributed by atoms with Crippen molar-refractivity contribution in [3.63, 3.8) is 0 Å². The van der Waals surface area contributed by atoms with E-state index < -0.39 is 5.82 Å². The third-order valence-corrected chi connectivity index (χ3v) is 2.80. The van der Waals surface area contributed by atoms with Crippen molar-refractivity contribution in [1.29, 1.82) is 0 Å². The fourth-order valence-corrected chi connectivity index (χ4v) is 1.74. The highest BCUT2D eigenvalue weighted by atomic mass is 35.5. The Hall–Kier alpha value is -2.14. The summed E-state index contributed by atoms with van der Waals surface area (Å²) in [6.45, 7) is 0. The van der Waals surface area contributed by atoms with Gasteiger partial charge in [-0.1, -0.05) is 11.6 Å². The van der Waals surface area contributed by atoms with E-state index in [0.29, 0.717) is 16.9 Å². The van der Waals surface area contributed by atoms with Crippen molar-refractivity contribution in [1.82, 2.24) is 4.98 Å². The van der Waals surface area contributed by atoms with Crippen molar-refractivity contribution in [2.75, 3.05) is 17.7 Å². The van der Waals surface area contributed by atoms with E-state index in [0.717, 1.165) is 0 Å². The second-order valence-corrected chi connectivity index (χ2v) is 4.16. The molecule has 1 aromatic carbocycles. The maximum absolute atomic E-state index is 13.0. The summed E-state index contributed by atoms with van der Waals surface area (Å²) in [6, 6.07) is 5.59. The van der Waals surface area contributed by atoms with Crippen molar-refractivity contribution in [3.8, 4) is 0 Å². The van der Waals surface area contributed by atoms with Gasteiger partial charge in [-0.25, -0.2) is 4.39 Å². The summed E-state index contributed by atoms with van der Waals surface area (Å²) >= 11 is 5.65. The van der Waals surface area contributed by atoms with Crippen molar-refractivity contribution < 1.29 is 9.18 Å². The van der Waals surface area contributed by atoms with Crippen LogP contribution in [0.1, 0.15) is 10.4 Å². The van der Waals surface area contributed by atoms with Crippen LogP contribution < -0.4 is 10.6 Å². The Balaban J connectivity index is 2.23. The molecule has 4 nitrogen and oxygen atoms in total. The first-order valence-corrected chi connectivity index (χ1v) is 5.88. The van der Waals surface area contributed by atoms with Gasteiger partial charge in [-0.15, -0.1) is 0 Å². The number of nitrogens with zero attached hydrogens (tertiary/aromatic N) is 1. The van der Waals surface area contributed by atoms with Gasteiger partial charge in [0, 0.05) is 18.9 Å². The highest BCUT2D eigenvalue weighted by molar-refractivity contribution is 6.31. The molecule has 0 aliphatic carbocycles. The molecule has 1 aromatic heterocycles. The average Bonchev–Trinajstić information content (AvgIpc) is 2.43. The molecule has 0 aliphatic heterocycles. The number of nitrogens with one attached hydrogen (secondary N) is 2. The normalized spacial score (nSPS) is 10.1. The van der Waals surface area contributed by atoms with Crippen molar-refractivity contribution in [2.45, 2.75) is 0 Å². The van der Waals surface area contributed by atoms with E-state index in [2.05, 4.69) is 15.6 Å². The van der Waals surface area contributed by atoms with Crippen LogP contribution in [0.3, 0.4) is 0 Å². The topological polar surface area (TPSA) is 54.0 Å². The summed E-state index contributed by atoms with van der Waals surface area (Å²) in [4.78, 5) is 16.0. The van der Waals surface area contributed by atoms with E-state index in [-0.39, 0.29) is 10.9 Å². The SMILES string of the molecule is CNc1cnccc1C(=O)Nc1ccc(F)c(Cl)c1. The molecule has 1 heterocycles. The standard InChI is InChI=1S/C13H11ClFN3O/c1-16-12-7-17-5-4-9(12)13(19)18-8-2-3-11(15)10(14)6-8/h2-7,16H,1H3,(H,18,19). The Kier molecular flexibility index (Phi) is 3.97. The van der Waals surface area contributed by atoms with Gasteiger partial charge in [0.25, 0.3) is 5.91 Å². The number of carbonyl (C=O) groups excluding carboxylic acids is 1. The second-order valence-electron chi connectivity index (χ2n) is 3.75. The van der Waals surface area contributed by atoms with Gasteiger partial charge in [-0.05, 0) is 24.3 Å². The van der Waals surface area contributed by atoms with Crippen molar-refractivity contribution >= 4 is 28.9 Å². The summed E-state index contributed by atoms with van der Waals surface area (Å²) < 4.78 is 13.0. The third kappa shape index (κ3) is 3.00. The number of anilines is 2. The number of halogens is 2. The summed E-state index contributed by atoms with van der Waals surface area (Å²) in [5.74, 6) is -0.853. The summed E-state index contributed by atoms with van der Waals surface area (Å²) in [7, 11) is 1.70. The molecule has 19 heavy (non-hydrogen) atoms. The average molecular weight is 280 g/mol. The minimum atomic E-state index is -0.528. The van der Waals surface area contributed by atoms with Crippen molar-refractivity contribution in [2.24, 2.45) is 0 Å². The number of rotatable bonds is 3. The largest absolute Gasteiger partial charge is 0.386 e. The lowest BCUT2D eigenvalue weighted by molar-refractivity contribution is 0.102. The molecule has 0 bridgehead atoms. The van der Waals surface area contributed by atoms with E-state index in [1.54, 1.807) is 19.3 Å². The summed E-state index contributed by atoms with van der Waals surface area (Å²) in [5, 5.41) is 5.48. The first-order chi connectivity index (χ1) is 9.11. The number of benzene rings is 1. The molecular weight excluding hydrogens is 269 g/mol. The molecule has 2 rings (SSSR count). The van der Waals surface area contributed by atoms with Gasteiger partial charge in [0.1, 0.15) is 5.82 Å². The van der Waals surface area contributed by atoms with Crippen LogP contribution in [0.2, 0.25) is 5.02 Å². The maximum atomic E-state index is 13.0. The zero-order valence-electron chi connectivity index (χ0n) is 10.1. The molecule has 6 heteroatoms. The molecule has 2 aromatic rings. The Labute approximate surface area is 114 Å². The molecular formula is C13H11ClFN3O.